The summed E-state index contributed by atoms with van der Waals surface area (Å²) in [5.74, 6) is -2.72. The lowest BCUT2D eigenvalue weighted by Gasteiger charge is -2.24. The third-order valence-corrected chi connectivity index (χ3v) is 4.75. The largest absolute Gasteiger partial charge is 0.480 e. The van der Waals surface area contributed by atoms with Crippen LogP contribution in [0.25, 0.3) is 0 Å². The van der Waals surface area contributed by atoms with Crippen LogP contribution in [0.1, 0.15) is 40.5 Å². The van der Waals surface area contributed by atoms with Crippen molar-refractivity contribution in [2.45, 2.75) is 64.7 Å². The van der Waals surface area contributed by atoms with E-state index in [0.717, 1.165) is 0 Å². The molecule has 0 aromatic rings. The van der Waals surface area contributed by atoms with Crippen molar-refractivity contribution in [1.82, 2.24) is 16.0 Å². The molecule has 29 heavy (non-hydrogen) atoms. The van der Waals surface area contributed by atoms with E-state index in [4.69, 9.17) is 5.73 Å². The van der Waals surface area contributed by atoms with Gasteiger partial charge in [0.1, 0.15) is 18.1 Å². The average molecular weight is 451 g/mol. The van der Waals surface area contributed by atoms with Gasteiger partial charge in [-0.3, -0.25) is 14.4 Å². The molecule has 3 amide bonds. The first-order chi connectivity index (χ1) is 13.4. The van der Waals surface area contributed by atoms with Gasteiger partial charge in [0, 0.05) is 11.5 Å². The Morgan fingerprint density at radius 2 is 1.14 bits per heavy atom. The summed E-state index contributed by atoms with van der Waals surface area (Å²) >= 11 is 8.14. The Kier molecular flexibility index (Phi) is 13.0. The highest BCUT2D eigenvalue weighted by Gasteiger charge is 2.29. The minimum Gasteiger partial charge on any atom is -0.480 e. The first kappa shape index (κ1) is 27.5. The lowest BCUT2D eigenvalue weighted by atomic mass is 10.0. The molecular weight excluding hydrogens is 416 g/mol. The molecule has 168 valence electrons. The molecule has 11 heteroatoms. The van der Waals surface area contributed by atoms with Crippen LogP contribution in [0.4, 0.5) is 0 Å². The minimum absolute atomic E-state index is 0.00200. The number of carboxylic acids is 1. The third kappa shape index (κ3) is 10.8. The summed E-state index contributed by atoms with van der Waals surface area (Å²) in [6.45, 7) is 7.53. The number of nitrogens with one attached hydrogen (secondary N) is 3. The van der Waals surface area contributed by atoms with Crippen LogP contribution in [0.3, 0.4) is 0 Å². The molecule has 0 saturated heterocycles. The van der Waals surface area contributed by atoms with Crippen molar-refractivity contribution in [3.05, 3.63) is 0 Å². The SMILES string of the molecule is CC(C)C[C@H](NC(=O)[C@H](CS)NC(=O)[C@H](CS)NC(=O)[C@@H](N)CC(C)C)C(=O)O. The number of amides is 3. The quantitative estimate of drug-likeness (QED) is 0.193. The molecule has 0 rings (SSSR count). The van der Waals surface area contributed by atoms with Crippen molar-refractivity contribution in [2.24, 2.45) is 17.6 Å². The van der Waals surface area contributed by atoms with Crippen molar-refractivity contribution in [1.29, 1.82) is 0 Å². The average Bonchev–Trinajstić information content (AvgIpc) is 2.61. The standard InChI is InChI=1S/C18H34N4O5S2/c1-9(2)5-11(19)15(23)21-13(7-28)17(25)22-14(8-29)16(24)20-12(18(26)27)6-10(3)4/h9-14,28-29H,5-8,19H2,1-4H3,(H,20,24)(H,21,23)(H,22,25)(H,26,27)/t11-,12-,13-,14-/m0/s1. The van der Waals surface area contributed by atoms with Crippen LogP contribution in [-0.2, 0) is 19.2 Å². The Morgan fingerprint density at radius 3 is 1.48 bits per heavy atom. The van der Waals surface area contributed by atoms with Crippen LogP contribution in [0, 0.1) is 11.8 Å². The smallest absolute Gasteiger partial charge is 0.326 e. The van der Waals surface area contributed by atoms with Crippen LogP contribution in [0.5, 0.6) is 0 Å². The number of hydrogen-bond acceptors (Lipinski definition) is 7. The lowest BCUT2D eigenvalue weighted by molar-refractivity contribution is -0.142. The molecule has 0 aliphatic rings. The van der Waals surface area contributed by atoms with E-state index in [1.54, 1.807) is 0 Å². The first-order valence-electron chi connectivity index (χ1n) is 9.54. The second-order valence-corrected chi connectivity index (χ2v) is 8.48. The number of carbonyl (C=O) groups is 4. The fourth-order valence-electron chi connectivity index (χ4n) is 2.52. The Bertz CT molecular complexity index is 574. The second-order valence-electron chi connectivity index (χ2n) is 7.75. The molecule has 0 radical (unpaired) electrons. The zero-order valence-corrected chi connectivity index (χ0v) is 19.1. The zero-order valence-electron chi connectivity index (χ0n) is 17.3. The van der Waals surface area contributed by atoms with Gasteiger partial charge < -0.3 is 26.8 Å². The monoisotopic (exact) mass is 450 g/mol. The predicted octanol–water partition coefficient (Wildman–Crippen LogP) is -0.195. The van der Waals surface area contributed by atoms with Crippen LogP contribution >= 0.6 is 25.3 Å². The summed E-state index contributed by atoms with van der Waals surface area (Å²) in [6.07, 6.45) is 0.707. The van der Waals surface area contributed by atoms with Crippen LogP contribution in [0.2, 0.25) is 0 Å². The molecular formula is C18H34N4O5S2. The molecule has 4 atom stereocenters. The van der Waals surface area contributed by atoms with Crippen molar-refractivity contribution in [3.63, 3.8) is 0 Å². The van der Waals surface area contributed by atoms with E-state index in [-0.39, 0.29) is 29.8 Å². The highest BCUT2D eigenvalue weighted by Crippen LogP contribution is 2.06. The van der Waals surface area contributed by atoms with Gasteiger partial charge in [-0.05, 0) is 24.7 Å². The number of nitrogens with two attached hydrogens (primary N) is 1. The molecule has 0 bridgehead atoms. The number of thiol groups is 2. The minimum atomic E-state index is -1.16. The number of rotatable bonds is 13. The lowest BCUT2D eigenvalue weighted by Crippen LogP contribution is -2.58. The summed E-state index contributed by atoms with van der Waals surface area (Å²) < 4.78 is 0. The highest BCUT2D eigenvalue weighted by molar-refractivity contribution is 7.80. The fourth-order valence-corrected chi connectivity index (χ4v) is 3.03. The number of hydrogen-bond donors (Lipinski definition) is 7. The molecule has 0 heterocycles. The Labute approximate surface area is 183 Å². The summed E-state index contributed by atoms with van der Waals surface area (Å²) in [4.78, 5) is 48.4. The third-order valence-electron chi connectivity index (χ3n) is 4.01. The van der Waals surface area contributed by atoms with Crippen molar-refractivity contribution in [2.75, 3.05) is 11.5 Å². The van der Waals surface area contributed by atoms with Crippen molar-refractivity contribution in [3.8, 4) is 0 Å². The normalized spacial score (nSPS) is 15.3. The van der Waals surface area contributed by atoms with Gasteiger partial charge >= 0.3 is 5.97 Å². The number of carboxylic acid groups (broad SMARTS) is 1. The topological polar surface area (TPSA) is 151 Å². The van der Waals surface area contributed by atoms with Gasteiger partial charge in [-0.2, -0.15) is 25.3 Å². The molecule has 0 fully saturated rings. The maximum atomic E-state index is 12.5. The number of carbonyl (C=O) groups excluding carboxylic acids is 3. The van der Waals surface area contributed by atoms with Gasteiger partial charge in [0.2, 0.25) is 17.7 Å². The van der Waals surface area contributed by atoms with E-state index in [1.807, 2.05) is 27.7 Å². The van der Waals surface area contributed by atoms with E-state index in [0.29, 0.717) is 6.42 Å². The molecule has 0 aliphatic carbocycles. The zero-order chi connectivity index (χ0) is 22.7. The van der Waals surface area contributed by atoms with E-state index >= 15 is 0 Å². The summed E-state index contributed by atoms with van der Waals surface area (Å²) in [5, 5.41) is 16.7. The molecule has 0 aromatic carbocycles. The molecule has 9 nitrogen and oxygen atoms in total. The molecule has 0 unspecified atom stereocenters. The predicted molar refractivity (Wildman–Crippen MR) is 118 cm³/mol. The van der Waals surface area contributed by atoms with E-state index in [9.17, 15) is 24.3 Å². The van der Waals surface area contributed by atoms with Crippen molar-refractivity contribution < 1.29 is 24.3 Å². The maximum Gasteiger partial charge on any atom is 0.326 e. The molecule has 0 saturated carbocycles. The maximum absolute atomic E-state index is 12.5. The van der Waals surface area contributed by atoms with Crippen LogP contribution in [-0.4, -0.2) is 64.5 Å². The Morgan fingerprint density at radius 1 is 0.759 bits per heavy atom. The summed E-state index contributed by atoms with van der Waals surface area (Å²) in [7, 11) is 0. The van der Waals surface area contributed by atoms with E-state index in [1.165, 1.54) is 0 Å². The highest BCUT2D eigenvalue weighted by atomic mass is 32.1. The van der Waals surface area contributed by atoms with Gasteiger partial charge in [0.25, 0.3) is 0 Å². The molecule has 0 spiro atoms. The van der Waals surface area contributed by atoms with Gasteiger partial charge in [-0.25, -0.2) is 4.79 Å². The van der Waals surface area contributed by atoms with Crippen molar-refractivity contribution >= 4 is 48.9 Å². The van der Waals surface area contributed by atoms with Crippen LogP contribution in [0.15, 0.2) is 0 Å². The second kappa shape index (κ2) is 13.7. The Balaban J connectivity index is 4.98. The van der Waals surface area contributed by atoms with Gasteiger partial charge in [-0.15, -0.1) is 0 Å². The Hall–Kier alpha value is -1.46. The summed E-state index contributed by atoms with van der Waals surface area (Å²) in [5.41, 5.74) is 5.82. The molecule has 6 N–H and O–H groups in total. The first-order valence-corrected chi connectivity index (χ1v) is 10.8. The van der Waals surface area contributed by atoms with Crippen LogP contribution < -0.4 is 21.7 Å². The fraction of sp³-hybridized carbons (Fsp3) is 0.778. The van der Waals surface area contributed by atoms with E-state index in [2.05, 4.69) is 41.2 Å². The van der Waals surface area contributed by atoms with Gasteiger partial charge in [-0.1, -0.05) is 27.7 Å². The van der Waals surface area contributed by atoms with Gasteiger partial charge in [0.05, 0.1) is 6.04 Å². The summed E-state index contributed by atoms with van der Waals surface area (Å²) in [6, 6.07) is -3.90. The number of aliphatic carboxylic acids is 1. The molecule has 0 aromatic heterocycles. The molecule has 0 aliphatic heterocycles. The van der Waals surface area contributed by atoms with Gasteiger partial charge in [0.15, 0.2) is 0 Å². The van der Waals surface area contributed by atoms with E-state index < -0.39 is 47.9 Å².